The van der Waals surface area contributed by atoms with Gasteiger partial charge in [0.15, 0.2) is 0 Å². The molecule has 0 aliphatic rings. The second-order valence-electron chi connectivity index (χ2n) is 4.36. The predicted molar refractivity (Wildman–Crippen MR) is 72.8 cm³/mol. The second kappa shape index (κ2) is 7.11. The van der Waals surface area contributed by atoms with E-state index in [1.807, 2.05) is 12.1 Å². The summed E-state index contributed by atoms with van der Waals surface area (Å²) in [5.41, 5.74) is 6.60. The van der Waals surface area contributed by atoms with E-state index in [0.717, 1.165) is 5.56 Å². The summed E-state index contributed by atoms with van der Waals surface area (Å²) in [5, 5.41) is 9.19. The molecule has 1 aromatic rings. The quantitative estimate of drug-likeness (QED) is 0.829. The lowest BCUT2D eigenvalue weighted by Crippen LogP contribution is -2.41. The summed E-state index contributed by atoms with van der Waals surface area (Å²) in [5.74, 6) is -1.22. The first kappa shape index (κ1) is 15.5. The Morgan fingerprint density at radius 3 is 2.47 bits per heavy atom. The van der Waals surface area contributed by atoms with Crippen molar-refractivity contribution in [2.45, 2.75) is 25.4 Å². The Balaban J connectivity index is 2.52. The third kappa shape index (κ3) is 5.28. The van der Waals surface area contributed by atoms with Crippen LogP contribution in [0.2, 0.25) is 5.02 Å². The minimum Gasteiger partial charge on any atom is -0.481 e. The molecule has 0 heterocycles. The molecule has 19 heavy (non-hydrogen) atoms. The van der Waals surface area contributed by atoms with E-state index < -0.39 is 12.0 Å². The Hall–Kier alpha value is -1.59. The number of carbonyl (C=O) groups excluding carboxylic acids is 1. The van der Waals surface area contributed by atoms with Crippen molar-refractivity contribution >= 4 is 23.5 Å². The fourth-order valence-corrected chi connectivity index (χ4v) is 1.75. The molecule has 0 aromatic heterocycles. The van der Waals surface area contributed by atoms with E-state index in [0.29, 0.717) is 11.6 Å². The highest BCUT2D eigenvalue weighted by Gasteiger charge is 2.18. The van der Waals surface area contributed by atoms with Crippen LogP contribution < -0.4 is 5.73 Å². The van der Waals surface area contributed by atoms with Crippen LogP contribution in [0.15, 0.2) is 24.3 Å². The highest BCUT2D eigenvalue weighted by atomic mass is 35.5. The average Bonchev–Trinajstić information content (AvgIpc) is 2.37. The largest absolute Gasteiger partial charge is 0.481 e. The standard InChI is InChI=1S/C13H17ClN2O3/c1-16(8-9-2-4-10(14)5-3-9)13(19)11(15)6-7-12(17)18/h2-5,11H,6-8,15H2,1H3,(H,17,18). The van der Waals surface area contributed by atoms with Gasteiger partial charge >= 0.3 is 5.97 Å². The third-order valence-electron chi connectivity index (χ3n) is 2.70. The number of carboxylic acids is 1. The molecule has 0 saturated carbocycles. The Morgan fingerprint density at radius 1 is 1.37 bits per heavy atom. The van der Waals surface area contributed by atoms with E-state index in [1.54, 1.807) is 19.2 Å². The number of benzene rings is 1. The van der Waals surface area contributed by atoms with Crippen molar-refractivity contribution in [2.24, 2.45) is 5.73 Å². The summed E-state index contributed by atoms with van der Waals surface area (Å²) in [6.45, 7) is 0.413. The summed E-state index contributed by atoms with van der Waals surface area (Å²) in [6.07, 6.45) is 0.0286. The number of aliphatic carboxylic acids is 1. The molecule has 0 bridgehead atoms. The average molecular weight is 285 g/mol. The van der Waals surface area contributed by atoms with Gasteiger partial charge in [-0.2, -0.15) is 0 Å². The summed E-state index contributed by atoms with van der Waals surface area (Å²) < 4.78 is 0. The minimum absolute atomic E-state index is 0.109. The topological polar surface area (TPSA) is 83.6 Å². The molecule has 0 aliphatic heterocycles. The van der Waals surface area contributed by atoms with Crippen LogP contribution in [-0.2, 0) is 16.1 Å². The monoisotopic (exact) mass is 284 g/mol. The van der Waals surface area contributed by atoms with E-state index >= 15 is 0 Å². The van der Waals surface area contributed by atoms with Gasteiger partial charge in [0.2, 0.25) is 5.91 Å². The first-order chi connectivity index (χ1) is 8.90. The second-order valence-corrected chi connectivity index (χ2v) is 4.80. The number of amides is 1. The van der Waals surface area contributed by atoms with Crippen molar-refractivity contribution in [3.05, 3.63) is 34.9 Å². The van der Waals surface area contributed by atoms with Crippen LogP contribution in [0.3, 0.4) is 0 Å². The Kier molecular flexibility index (Phi) is 5.79. The van der Waals surface area contributed by atoms with Crippen molar-refractivity contribution in [2.75, 3.05) is 7.05 Å². The molecule has 104 valence electrons. The smallest absolute Gasteiger partial charge is 0.303 e. The molecule has 1 atom stereocenters. The van der Waals surface area contributed by atoms with Gasteiger partial charge in [0, 0.05) is 25.0 Å². The van der Waals surface area contributed by atoms with Crippen molar-refractivity contribution in [1.29, 1.82) is 0 Å². The van der Waals surface area contributed by atoms with Crippen LogP contribution >= 0.6 is 11.6 Å². The van der Waals surface area contributed by atoms with Crippen LogP contribution in [0.5, 0.6) is 0 Å². The fraction of sp³-hybridized carbons (Fsp3) is 0.385. The van der Waals surface area contributed by atoms with Gasteiger partial charge in [-0.1, -0.05) is 23.7 Å². The summed E-state index contributed by atoms with van der Waals surface area (Å²) >= 11 is 5.78. The molecule has 1 unspecified atom stereocenters. The highest BCUT2D eigenvalue weighted by molar-refractivity contribution is 6.30. The zero-order chi connectivity index (χ0) is 14.4. The molecule has 1 amide bonds. The van der Waals surface area contributed by atoms with E-state index in [4.69, 9.17) is 22.4 Å². The first-order valence-corrected chi connectivity index (χ1v) is 6.24. The summed E-state index contributed by atoms with van der Waals surface area (Å²) in [7, 11) is 1.64. The molecule has 6 heteroatoms. The number of halogens is 1. The number of carbonyl (C=O) groups is 2. The van der Waals surface area contributed by atoms with Gasteiger partial charge in [0.05, 0.1) is 6.04 Å². The zero-order valence-corrected chi connectivity index (χ0v) is 11.4. The van der Waals surface area contributed by atoms with Crippen LogP contribution in [0, 0.1) is 0 Å². The number of hydrogen-bond acceptors (Lipinski definition) is 3. The van der Waals surface area contributed by atoms with Crippen LogP contribution in [0.4, 0.5) is 0 Å². The molecule has 5 nitrogen and oxygen atoms in total. The normalized spacial score (nSPS) is 11.9. The predicted octanol–water partition coefficient (Wildman–Crippen LogP) is 1.49. The maximum absolute atomic E-state index is 11.9. The van der Waals surface area contributed by atoms with Gasteiger partial charge in [-0.15, -0.1) is 0 Å². The van der Waals surface area contributed by atoms with Gasteiger partial charge in [0.1, 0.15) is 0 Å². The SMILES string of the molecule is CN(Cc1ccc(Cl)cc1)C(=O)C(N)CCC(=O)O. The van der Waals surface area contributed by atoms with Crippen molar-refractivity contribution < 1.29 is 14.7 Å². The lowest BCUT2D eigenvalue weighted by molar-refractivity contribution is -0.137. The zero-order valence-electron chi connectivity index (χ0n) is 10.7. The lowest BCUT2D eigenvalue weighted by atomic mass is 10.1. The van der Waals surface area contributed by atoms with Crippen LogP contribution in [0.1, 0.15) is 18.4 Å². The molecule has 0 fully saturated rings. The maximum Gasteiger partial charge on any atom is 0.303 e. The highest BCUT2D eigenvalue weighted by Crippen LogP contribution is 2.11. The van der Waals surface area contributed by atoms with E-state index in [-0.39, 0.29) is 18.7 Å². The number of nitrogens with zero attached hydrogens (tertiary/aromatic N) is 1. The first-order valence-electron chi connectivity index (χ1n) is 5.87. The molecule has 1 aromatic carbocycles. The molecule has 0 aliphatic carbocycles. The van der Waals surface area contributed by atoms with Gasteiger partial charge in [0.25, 0.3) is 0 Å². The molecular formula is C13H17ClN2O3. The third-order valence-corrected chi connectivity index (χ3v) is 2.95. The molecule has 0 saturated heterocycles. The molecule has 0 spiro atoms. The summed E-state index contributed by atoms with van der Waals surface area (Å²) in [4.78, 5) is 23.8. The number of rotatable bonds is 6. The molecule has 0 radical (unpaired) electrons. The molecule has 1 rings (SSSR count). The van der Waals surface area contributed by atoms with Gasteiger partial charge < -0.3 is 15.7 Å². The lowest BCUT2D eigenvalue weighted by Gasteiger charge is -2.21. The number of likely N-dealkylation sites (N-methyl/N-ethyl adjacent to an activating group) is 1. The fourth-order valence-electron chi connectivity index (χ4n) is 1.63. The molecule has 3 N–H and O–H groups in total. The Labute approximate surface area is 117 Å². The number of carboxylic acid groups (broad SMARTS) is 1. The van der Waals surface area contributed by atoms with Crippen molar-refractivity contribution in [3.63, 3.8) is 0 Å². The van der Waals surface area contributed by atoms with Gasteiger partial charge in [-0.05, 0) is 24.1 Å². The van der Waals surface area contributed by atoms with E-state index in [1.165, 1.54) is 4.90 Å². The number of nitrogens with two attached hydrogens (primary N) is 1. The van der Waals surface area contributed by atoms with Gasteiger partial charge in [-0.3, -0.25) is 9.59 Å². The van der Waals surface area contributed by atoms with Crippen LogP contribution in [-0.4, -0.2) is 35.0 Å². The maximum atomic E-state index is 11.9. The van der Waals surface area contributed by atoms with Gasteiger partial charge in [-0.25, -0.2) is 0 Å². The van der Waals surface area contributed by atoms with E-state index in [2.05, 4.69) is 0 Å². The summed E-state index contributed by atoms with van der Waals surface area (Å²) in [6, 6.07) is 6.37. The van der Waals surface area contributed by atoms with E-state index in [9.17, 15) is 9.59 Å². The Morgan fingerprint density at radius 2 is 1.95 bits per heavy atom. The van der Waals surface area contributed by atoms with Crippen molar-refractivity contribution in [3.8, 4) is 0 Å². The minimum atomic E-state index is -0.955. The van der Waals surface area contributed by atoms with Crippen molar-refractivity contribution in [1.82, 2.24) is 4.90 Å². The van der Waals surface area contributed by atoms with Crippen LogP contribution in [0.25, 0.3) is 0 Å². The Bertz CT molecular complexity index is 448. The molecular weight excluding hydrogens is 268 g/mol. The number of hydrogen-bond donors (Lipinski definition) is 2.